The average Bonchev–Trinajstić information content (AvgIpc) is 3.22. The molecule has 0 radical (unpaired) electrons. The van der Waals surface area contributed by atoms with Gasteiger partial charge in [-0.05, 0) is 55.7 Å². The molecule has 1 aliphatic heterocycles. The molecule has 0 bridgehead atoms. The van der Waals surface area contributed by atoms with Crippen LogP contribution in [0.25, 0.3) is 0 Å². The third kappa shape index (κ3) is 4.80. The van der Waals surface area contributed by atoms with E-state index in [9.17, 15) is 18.8 Å². The fraction of sp³-hybridized carbons (Fsp3) is 0.318. The van der Waals surface area contributed by atoms with Gasteiger partial charge in [0.1, 0.15) is 11.9 Å². The number of hydrogen-bond donors (Lipinski definition) is 2. The molecule has 1 heterocycles. The Balaban J connectivity index is 1.66. The monoisotopic (exact) mass is 397 g/mol. The number of rotatable bonds is 6. The van der Waals surface area contributed by atoms with Crippen LogP contribution in [0.5, 0.6) is 0 Å². The largest absolute Gasteiger partial charge is 0.354 e. The van der Waals surface area contributed by atoms with Gasteiger partial charge in [0.15, 0.2) is 0 Å². The second-order valence-corrected chi connectivity index (χ2v) is 6.96. The molecule has 1 atom stereocenters. The van der Waals surface area contributed by atoms with E-state index in [1.807, 2.05) is 6.92 Å². The molecular weight excluding hydrogens is 373 g/mol. The maximum atomic E-state index is 13.7. The molecule has 29 heavy (non-hydrogen) atoms. The molecule has 1 fully saturated rings. The summed E-state index contributed by atoms with van der Waals surface area (Å²) < 4.78 is 13.7. The molecule has 0 aliphatic carbocycles. The van der Waals surface area contributed by atoms with Gasteiger partial charge in [-0.3, -0.25) is 14.4 Å². The lowest BCUT2D eigenvalue weighted by atomic mass is 10.1. The molecule has 3 amide bonds. The van der Waals surface area contributed by atoms with Crippen molar-refractivity contribution in [1.82, 2.24) is 10.2 Å². The number of nitrogens with one attached hydrogen (secondary N) is 2. The molecule has 2 aromatic rings. The summed E-state index contributed by atoms with van der Waals surface area (Å²) in [4.78, 5) is 38.9. The molecule has 7 heteroatoms. The number of anilines is 1. The molecule has 1 saturated heterocycles. The Hall–Kier alpha value is -3.22. The topological polar surface area (TPSA) is 78.5 Å². The number of benzene rings is 2. The van der Waals surface area contributed by atoms with Crippen molar-refractivity contribution < 1.29 is 18.8 Å². The third-order valence-corrected chi connectivity index (χ3v) is 4.87. The SMILES string of the molecule is CCCNC(=O)[C@H]1CCCN1C(=O)c1ccc(NC(=O)c2ccccc2F)cc1. The van der Waals surface area contributed by atoms with Crippen molar-refractivity contribution in [1.29, 1.82) is 0 Å². The van der Waals surface area contributed by atoms with Crippen molar-refractivity contribution in [2.45, 2.75) is 32.2 Å². The van der Waals surface area contributed by atoms with E-state index >= 15 is 0 Å². The molecule has 0 saturated carbocycles. The summed E-state index contributed by atoms with van der Waals surface area (Å²) in [5.41, 5.74) is 0.836. The Morgan fingerprint density at radius 3 is 2.52 bits per heavy atom. The zero-order chi connectivity index (χ0) is 20.8. The van der Waals surface area contributed by atoms with Gasteiger partial charge >= 0.3 is 0 Å². The third-order valence-electron chi connectivity index (χ3n) is 4.87. The Morgan fingerprint density at radius 1 is 1.10 bits per heavy atom. The van der Waals surface area contributed by atoms with Crippen molar-refractivity contribution in [2.24, 2.45) is 0 Å². The number of carbonyl (C=O) groups is 3. The minimum atomic E-state index is -0.599. The highest BCUT2D eigenvalue weighted by Gasteiger charge is 2.34. The minimum absolute atomic E-state index is 0.0503. The predicted octanol–water partition coefficient (Wildman–Crippen LogP) is 3.21. The van der Waals surface area contributed by atoms with Crippen LogP contribution in [0, 0.1) is 5.82 Å². The Bertz CT molecular complexity index is 898. The predicted molar refractivity (Wildman–Crippen MR) is 108 cm³/mol. The van der Waals surface area contributed by atoms with Gasteiger partial charge in [0.05, 0.1) is 5.56 Å². The molecule has 152 valence electrons. The van der Waals surface area contributed by atoms with Crippen LogP contribution in [-0.2, 0) is 4.79 Å². The number of nitrogens with zero attached hydrogens (tertiary/aromatic N) is 1. The number of carbonyl (C=O) groups excluding carboxylic acids is 3. The molecule has 2 aromatic carbocycles. The van der Waals surface area contributed by atoms with Gasteiger partial charge in [-0.2, -0.15) is 0 Å². The maximum absolute atomic E-state index is 13.7. The summed E-state index contributed by atoms with van der Waals surface area (Å²) in [6.45, 7) is 3.10. The molecular formula is C22H24FN3O3. The summed E-state index contributed by atoms with van der Waals surface area (Å²) in [6.07, 6.45) is 2.28. The zero-order valence-electron chi connectivity index (χ0n) is 16.3. The molecule has 0 unspecified atom stereocenters. The van der Waals surface area contributed by atoms with Crippen molar-refractivity contribution in [3.63, 3.8) is 0 Å². The summed E-state index contributed by atoms with van der Waals surface area (Å²) in [6, 6.07) is 11.7. The van der Waals surface area contributed by atoms with E-state index in [2.05, 4.69) is 10.6 Å². The lowest BCUT2D eigenvalue weighted by molar-refractivity contribution is -0.124. The summed E-state index contributed by atoms with van der Waals surface area (Å²) >= 11 is 0. The van der Waals surface area contributed by atoms with E-state index in [1.54, 1.807) is 35.2 Å². The first-order valence-electron chi connectivity index (χ1n) is 9.76. The smallest absolute Gasteiger partial charge is 0.258 e. The van der Waals surface area contributed by atoms with Crippen LogP contribution < -0.4 is 10.6 Å². The first kappa shape index (κ1) is 20.5. The first-order chi connectivity index (χ1) is 14.0. The number of hydrogen-bond acceptors (Lipinski definition) is 3. The van der Waals surface area contributed by atoms with Crippen molar-refractivity contribution in [3.05, 3.63) is 65.5 Å². The van der Waals surface area contributed by atoms with Crippen LogP contribution in [0.15, 0.2) is 48.5 Å². The fourth-order valence-corrected chi connectivity index (χ4v) is 3.35. The van der Waals surface area contributed by atoms with Crippen molar-refractivity contribution in [2.75, 3.05) is 18.4 Å². The highest BCUT2D eigenvalue weighted by Crippen LogP contribution is 2.21. The normalized spacial score (nSPS) is 15.8. The summed E-state index contributed by atoms with van der Waals surface area (Å²) in [7, 11) is 0. The Labute approximate surface area is 169 Å². The number of amides is 3. The van der Waals surface area contributed by atoms with E-state index < -0.39 is 17.8 Å². The molecule has 3 rings (SSSR count). The van der Waals surface area contributed by atoms with E-state index in [-0.39, 0.29) is 17.4 Å². The fourth-order valence-electron chi connectivity index (χ4n) is 3.35. The molecule has 2 N–H and O–H groups in total. The van der Waals surface area contributed by atoms with Crippen LogP contribution in [0.1, 0.15) is 46.9 Å². The van der Waals surface area contributed by atoms with Crippen LogP contribution in [0.2, 0.25) is 0 Å². The van der Waals surface area contributed by atoms with Gasteiger partial charge in [0.25, 0.3) is 11.8 Å². The number of halogens is 1. The van der Waals surface area contributed by atoms with Gasteiger partial charge in [-0.25, -0.2) is 4.39 Å². The van der Waals surface area contributed by atoms with Crippen molar-refractivity contribution >= 4 is 23.4 Å². The maximum Gasteiger partial charge on any atom is 0.258 e. The molecule has 0 spiro atoms. The van der Waals surface area contributed by atoms with E-state index in [0.717, 1.165) is 12.8 Å². The van der Waals surface area contributed by atoms with Gasteiger partial charge in [0, 0.05) is 24.3 Å². The number of likely N-dealkylation sites (tertiary alicyclic amines) is 1. The van der Waals surface area contributed by atoms with E-state index in [1.165, 1.54) is 18.2 Å². The summed E-state index contributed by atoms with van der Waals surface area (Å²) in [5, 5.41) is 5.47. The Morgan fingerprint density at radius 2 is 1.83 bits per heavy atom. The van der Waals surface area contributed by atoms with Crippen LogP contribution in [0.3, 0.4) is 0 Å². The van der Waals surface area contributed by atoms with Crippen LogP contribution >= 0.6 is 0 Å². The second-order valence-electron chi connectivity index (χ2n) is 6.96. The standard InChI is InChI=1S/C22H24FN3O3/c1-2-13-24-21(28)19-8-5-14-26(19)22(29)15-9-11-16(12-10-15)25-20(27)17-6-3-4-7-18(17)23/h3-4,6-7,9-12,19H,2,5,8,13-14H2,1H3,(H,24,28)(H,25,27)/t19-/m1/s1. The van der Waals surface area contributed by atoms with Crippen LogP contribution in [-0.4, -0.2) is 41.8 Å². The summed E-state index contributed by atoms with van der Waals surface area (Å²) in [5.74, 6) is -1.50. The molecule has 0 aromatic heterocycles. The second kappa shape index (κ2) is 9.32. The van der Waals surface area contributed by atoms with Gasteiger partial charge in [-0.15, -0.1) is 0 Å². The molecule has 6 nitrogen and oxygen atoms in total. The van der Waals surface area contributed by atoms with E-state index in [4.69, 9.17) is 0 Å². The highest BCUT2D eigenvalue weighted by atomic mass is 19.1. The van der Waals surface area contributed by atoms with Gasteiger partial charge in [0.2, 0.25) is 5.91 Å². The highest BCUT2D eigenvalue weighted by molar-refractivity contribution is 6.05. The van der Waals surface area contributed by atoms with Gasteiger partial charge in [-0.1, -0.05) is 19.1 Å². The quantitative estimate of drug-likeness (QED) is 0.786. The average molecular weight is 397 g/mol. The van der Waals surface area contributed by atoms with E-state index in [0.29, 0.717) is 30.8 Å². The van der Waals surface area contributed by atoms with Crippen LogP contribution in [0.4, 0.5) is 10.1 Å². The lowest BCUT2D eigenvalue weighted by Crippen LogP contribution is -2.46. The Kier molecular flexibility index (Phi) is 6.59. The zero-order valence-corrected chi connectivity index (χ0v) is 16.3. The first-order valence-corrected chi connectivity index (χ1v) is 9.76. The van der Waals surface area contributed by atoms with Crippen molar-refractivity contribution in [3.8, 4) is 0 Å². The minimum Gasteiger partial charge on any atom is -0.354 e. The van der Waals surface area contributed by atoms with Gasteiger partial charge < -0.3 is 15.5 Å². The molecule has 1 aliphatic rings. The lowest BCUT2D eigenvalue weighted by Gasteiger charge is -2.24.